The van der Waals surface area contributed by atoms with Crippen molar-refractivity contribution in [1.82, 2.24) is 9.80 Å². The normalized spacial score (nSPS) is 20.5. The summed E-state index contributed by atoms with van der Waals surface area (Å²) in [7, 11) is 0. The van der Waals surface area contributed by atoms with Crippen LogP contribution in [0.25, 0.3) is 0 Å². The van der Waals surface area contributed by atoms with Crippen molar-refractivity contribution >= 4 is 23.2 Å². The summed E-state index contributed by atoms with van der Waals surface area (Å²) < 4.78 is 0. The van der Waals surface area contributed by atoms with E-state index in [1.165, 1.54) is 4.88 Å². The highest BCUT2D eigenvalue weighted by atomic mass is 32.1. The van der Waals surface area contributed by atoms with E-state index in [0.29, 0.717) is 13.0 Å². The van der Waals surface area contributed by atoms with Crippen LogP contribution in [0.15, 0.2) is 41.8 Å². The fourth-order valence-electron chi connectivity index (χ4n) is 3.80. The third kappa shape index (κ3) is 3.33. The fourth-order valence-corrected chi connectivity index (χ4v) is 4.67. The molecule has 130 valence electrons. The monoisotopic (exact) mass is 354 g/mol. The van der Waals surface area contributed by atoms with Gasteiger partial charge in [0.05, 0.1) is 6.04 Å². The van der Waals surface area contributed by atoms with E-state index in [9.17, 15) is 9.59 Å². The lowest BCUT2D eigenvalue weighted by Gasteiger charge is -2.24. The highest BCUT2D eigenvalue weighted by molar-refractivity contribution is 7.10. The Morgan fingerprint density at radius 1 is 1.12 bits per heavy atom. The summed E-state index contributed by atoms with van der Waals surface area (Å²) in [5.74, 6) is 0.343. The Morgan fingerprint density at radius 3 is 2.64 bits per heavy atom. The summed E-state index contributed by atoms with van der Waals surface area (Å²) in [6, 6.07) is 12.2. The first-order valence-electron chi connectivity index (χ1n) is 8.93. The van der Waals surface area contributed by atoms with Gasteiger partial charge in [-0.2, -0.15) is 0 Å². The molecule has 0 N–H and O–H groups in total. The minimum absolute atomic E-state index is 0.111. The summed E-state index contributed by atoms with van der Waals surface area (Å²) >= 11 is 1.73. The molecule has 1 aromatic carbocycles. The molecule has 2 aliphatic heterocycles. The minimum atomic E-state index is 0.111. The lowest BCUT2D eigenvalue weighted by Crippen LogP contribution is -2.30. The zero-order chi connectivity index (χ0) is 17.2. The van der Waals surface area contributed by atoms with Crippen LogP contribution in [0, 0.1) is 0 Å². The molecule has 4 rings (SSSR count). The predicted molar refractivity (Wildman–Crippen MR) is 98.4 cm³/mol. The summed E-state index contributed by atoms with van der Waals surface area (Å²) in [6.07, 6.45) is 3.72. The first-order chi connectivity index (χ1) is 12.2. The van der Waals surface area contributed by atoms with Crippen LogP contribution < -0.4 is 0 Å². The molecule has 4 nitrogen and oxygen atoms in total. The second-order valence-electron chi connectivity index (χ2n) is 6.79. The van der Waals surface area contributed by atoms with E-state index in [0.717, 1.165) is 43.5 Å². The van der Waals surface area contributed by atoms with Gasteiger partial charge >= 0.3 is 0 Å². The van der Waals surface area contributed by atoms with E-state index in [1.807, 2.05) is 34.1 Å². The Morgan fingerprint density at radius 2 is 1.96 bits per heavy atom. The number of benzene rings is 1. The molecular formula is C20H22N2O2S. The van der Waals surface area contributed by atoms with Crippen molar-refractivity contribution in [3.8, 4) is 0 Å². The van der Waals surface area contributed by atoms with Crippen molar-refractivity contribution in [2.75, 3.05) is 13.1 Å². The molecule has 0 spiro atoms. The van der Waals surface area contributed by atoms with E-state index < -0.39 is 0 Å². The van der Waals surface area contributed by atoms with Gasteiger partial charge in [0.25, 0.3) is 5.91 Å². The molecular weight excluding hydrogens is 332 g/mol. The van der Waals surface area contributed by atoms with Gasteiger partial charge in [0.1, 0.15) is 0 Å². The number of nitrogens with zero attached hydrogens (tertiary/aromatic N) is 2. The van der Waals surface area contributed by atoms with Gasteiger partial charge in [-0.3, -0.25) is 9.59 Å². The van der Waals surface area contributed by atoms with E-state index in [1.54, 1.807) is 11.3 Å². The van der Waals surface area contributed by atoms with Crippen LogP contribution in [0.4, 0.5) is 0 Å². The van der Waals surface area contributed by atoms with E-state index in [-0.39, 0.29) is 17.9 Å². The number of hydrogen-bond donors (Lipinski definition) is 0. The van der Waals surface area contributed by atoms with Gasteiger partial charge in [0, 0.05) is 36.5 Å². The highest BCUT2D eigenvalue weighted by Crippen LogP contribution is 2.35. The van der Waals surface area contributed by atoms with Crippen molar-refractivity contribution in [1.29, 1.82) is 0 Å². The van der Waals surface area contributed by atoms with Crippen LogP contribution >= 0.6 is 11.3 Å². The van der Waals surface area contributed by atoms with Gasteiger partial charge in [-0.25, -0.2) is 0 Å². The van der Waals surface area contributed by atoms with Crippen LogP contribution in [0.2, 0.25) is 0 Å². The maximum Gasteiger partial charge on any atom is 0.254 e. The molecule has 0 saturated carbocycles. The van der Waals surface area contributed by atoms with E-state index >= 15 is 0 Å². The SMILES string of the molecule is O=C1CCCN1Cc1ccc(C(=O)N2CCC[C@H]2c2cccs2)cc1. The molecule has 2 saturated heterocycles. The Labute approximate surface area is 152 Å². The molecule has 2 aliphatic rings. The number of rotatable bonds is 4. The second-order valence-corrected chi connectivity index (χ2v) is 7.77. The fraction of sp³-hybridized carbons (Fsp3) is 0.400. The van der Waals surface area contributed by atoms with Crippen molar-refractivity contribution < 1.29 is 9.59 Å². The molecule has 0 unspecified atom stereocenters. The topological polar surface area (TPSA) is 40.6 Å². The van der Waals surface area contributed by atoms with Gasteiger partial charge < -0.3 is 9.80 Å². The Kier molecular flexibility index (Phi) is 4.57. The van der Waals surface area contributed by atoms with Crippen LogP contribution in [-0.2, 0) is 11.3 Å². The number of likely N-dealkylation sites (tertiary alicyclic amines) is 2. The lowest BCUT2D eigenvalue weighted by molar-refractivity contribution is -0.128. The number of hydrogen-bond acceptors (Lipinski definition) is 3. The molecule has 2 fully saturated rings. The van der Waals surface area contributed by atoms with Crippen LogP contribution in [0.5, 0.6) is 0 Å². The van der Waals surface area contributed by atoms with Crippen LogP contribution in [-0.4, -0.2) is 34.7 Å². The van der Waals surface area contributed by atoms with Gasteiger partial charge in [0.15, 0.2) is 0 Å². The average molecular weight is 354 g/mol. The molecule has 0 bridgehead atoms. The van der Waals surface area contributed by atoms with Crippen LogP contribution in [0.1, 0.15) is 52.5 Å². The van der Waals surface area contributed by atoms with Crippen molar-refractivity contribution in [2.45, 2.75) is 38.3 Å². The third-order valence-electron chi connectivity index (χ3n) is 5.13. The van der Waals surface area contributed by atoms with Gasteiger partial charge in [-0.05, 0) is 48.4 Å². The standard InChI is InChI=1S/C20H22N2O2S/c23-19-6-2-11-21(19)14-15-7-9-16(10-8-15)20(24)22-12-1-4-17(22)18-5-3-13-25-18/h3,5,7-10,13,17H,1-2,4,6,11-12,14H2/t17-/m0/s1. The van der Waals surface area contributed by atoms with Gasteiger partial charge in [-0.1, -0.05) is 18.2 Å². The molecule has 5 heteroatoms. The zero-order valence-electron chi connectivity index (χ0n) is 14.2. The molecule has 2 aromatic rings. The smallest absolute Gasteiger partial charge is 0.254 e. The summed E-state index contributed by atoms with van der Waals surface area (Å²) in [6.45, 7) is 2.32. The van der Waals surface area contributed by atoms with Crippen molar-refractivity contribution in [3.63, 3.8) is 0 Å². The minimum Gasteiger partial charge on any atom is -0.338 e. The van der Waals surface area contributed by atoms with E-state index in [2.05, 4.69) is 17.5 Å². The Hall–Kier alpha value is -2.14. The highest BCUT2D eigenvalue weighted by Gasteiger charge is 2.31. The molecule has 3 heterocycles. The molecule has 1 atom stereocenters. The maximum atomic E-state index is 12.9. The largest absolute Gasteiger partial charge is 0.338 e. The summed E-state index contributed by atoms with van der Waals surface area (Å²) in [5.41, 5.74) is 1.82. The quantitative estimate of drug-likeness (QED) is 0.837. The maximum absolute atomic E-state index is 12.9. The average Bonchev–Trinajstić information content (AvgIpc) is 3.37. The van der Waals surface area contributed by atoms with Gasteiger partial charge in [-0.15, -0.1) is 11.3 Å². The van der Waals surface area contributed by atoms with E-state index in [4.69, 9.17) is 0 Å². The summed E-state index contributed by atoms with van der Waals surface area (Å²) in [5, 5.41) is 2.07. The molecule has 0 aliphatic carbocycles. The Bertz CT molecular complexity index is 755. The molecule has 0 radical (unpaired) electrons. The number of carbonyl (C=O) groups is 2. The van der Waals surface area contributed by atoms with Gasteiger partial charge in [0.2, 0.25) is 5.91 Å². The number of amides is 2. The molecule has 25 heavy (non-hydrogen) atoms. The number of thiophene rings is 1. The molecule has 2 amide bonds. The second kappa shape index (κ2) is 7.00. The third-order valence-corrected chi connectivity index (χ3v) is 6.10. The van der Waals surface area contributed by atoms with Crippen molar-refractivity contribution in [3.05, 3.63) is 57.8 Å². The predicted octanol–water partition coefficient (Wildman–Crippen LogP) is 3.85. The van der Waals surface area contributed by atoms with Crippen LogP contribution in [0.3, 0.4) is 0 Å². The lowest BCUT2D eigenvalue weighted by atomic mass is 10.1. The first kappa shape index (κ1) is 16.3. The van der Waals surface area contributed by atoms with Crippen molar-refractivity contribution in [2.24, 2.45) is 0 Å². The summed E-state index contributed by atoms with van der Waals surface area (Å²) in [4.78, 5) is 29.8. The zero-order valence-corrected chi connectivity index (χ0v) is 15.0. The number of carbonyl (C=O) groups excluding carboxylic acids is 2. The first-order valence-corrected chi connectivity index (χ1v) is 9.81. The molecule has 1 aromatic heterocycles. The Balaban J connectivity index is 1.46.